The smallest absolute Gasteiger partial charge is 0.321 e. The number of hydrogen-bond donors (Lipinski definition) is 2. The molecule has 3 aliphatic rings. The van der Waals surface area contributed by atoms with Gasteiger partial charge < -0.3 is 34.8 Å². The first-order chi connectivity index (χ1) is 25.7. The van der Waals surface area contributed by atoms with Crippen LogP contribution in [0, 0.1) is 22.9 Å². The van der Waals surface area contributed by atoms with Crippen LogP contribution in [0.1, 0.15) is 34.5 Å². The lowest BCUT2D eigenvalue weighted by Crippen LogP contribution is -2.41. The van der Waals surface area contributed by atoms with E-state index in [2.05, 4.69) is 68.3 Å². The SMILES string of the molecule is CN(C(=O)Nc1ccnc(N2Cc3ccccc3C2)c1)[C@@H]1CCN(C#N)C1.Cn1cc(-c2ccc3c(c2)cc(C(=O)N[C@@H]2CCN(C#N)C2)n3C)cn1. The molecule has 0 spiro atoms. The van der Waals surface area contributed by atoms with E-state index < -0.39 is 0 Å². The van der Waals surface area contributed by atoms with Crippen molar-refractivity contribution in [1.82, 2.24) is 39.3 Å². The molecule has 2 fully saturated rings. The minimum Gasteiger partial charge on any atom is -0.348 e. The molecule has 6 heterocycles. The van der Waals surface area contributed by atoms with E-state index >= 15 is 0 Å². The maximum atomic E-state index is 12.7. The number of carbonyl (C=O) groups excluding carboxylic acids is 2. The van der Waals surface area contributed by atoms with Crippen molar-refractivity contribution >= 4 is 34.3 Å². The van der Waals surface area contributed by atoms with Gasteiger partial charge in [0, 0.05) is 107 Å². The summed E-state index contributed by atoms with van der Waals surface area (Å²) in [5, 5.41) is 29.2. The minimum atomic E-state index is -0.165. The third-order valence-electron chi connectivity index (χ3n) is 10.3. The number of hydrogen-bond acceptors (Lipinski definition) is 9. The van der Waals surface area contributed by atoms with Crippen LogP contribution in [0.5, 0.6) is 0 Å². The molecule has 3 aliphatic heterocycles. The quantitative estimate of drug-likeness (QED) is 0.243. The number of amides is 3. The molecule has 0 aliphatic carbocycles. The highest BCUT2D eigenvalue weighted by Crippen LogP contribution is 2.29. The van der Waals surface area contributed by atoms with Gasteiger partial charge in [0.2, 0.25) is 0 Å². The molecule has 0 unspecified atom stereocenters. The van der Waals surface area contributed by atoms with E-state index in [-0.39, 0.29) is 24.0 Å². The van der Waals surface area contributed by atoms with E-state index in [1.807, 2.05) is 55.3 Å². The van der Waals surface area contributed by atoms with Gasteiger partial charge in [0.1, 0.15) is 11.5 Å². The Kier molecular flexibility index (Phi) is 9.86. The van der Waals surface area contributed by atoms with Crippen molar-refractivity contribution in [2.45, 2.75) is 38.0 Å². The Hall–Kier alpha value is -6.54. The summed E-state index contributed by atoms with van der Waals surface area (Å²) in [7, 11) is 5.57. The maximum Gasteiger partial charge on any atom is 0.321 e. The minimum absolute atomic E-state index is 0.0196. The Morgan fingerprint density at radius 1 is 0.906 bits per heavy atom. The molecule has 270 valence electrons. The number of fused-ring (bicyclic) bond motifs is 2. The molecule has 3 aromatic heterocycles. The number of anilines is 2. The molecule has 0 saturated carbocycles. The number of likely N-dealkylation sites (tertiary alicyclic amines) is 2. The molecule has 0 bridgehead atoms. The lowest BCUT2D eigenvalue weighted by atomic mass is 10.1. The number of benzene rings is 2. The van der Waals surface area contributed by atoms with Crippen LogP contribution in [0.15, 0.2) is 79.3 Å². The van der Waals surface area contributed by atoms with Crippen LogP contribution in [-0.2, 0) is 27.2 Å². The fraction of sp³-hybridized carbons (Fsp3) is 0.333. The van der Waals surface area contributed by atoms with Crippen molar-refractivity contribution in [2.24, 2.45) is 14.1 Å². The third kappa shape index (κ3) is 7.58. The van der Waals surface area contributed by atoms with Gasteiger partial charge in [0.15, 0.2) is 12.4 Å². The zero-order valence-electron chi connectivity index (χ0n) is 30.1. The molecule has 14 heteroatoms. The number of carbonyl (C=O) groups is 2. The Balaban J connectivity index is 0.000000164. The number of likely N-dealkylation sites (N-methyl/N-ethyl adjacent to an activating group) is 1. The van der Waals surface area contributed by atoms with E-state index in [4.69, 9.17) is 10.5 Å². The van der Waals surface area contributed by atoms with E-state index in [1.54, 1.807) is 38.7 Å². The molecule has 3 amide bonds. The van der Waals surface area contributed by atoms with E-state index in [0.717, 1.165) is 59.5 Å². The van der Waals surface area contributed by atoms with E-state index in [1.165, 1.54) is 11.1 Å². The van der Waals surface area contributed by atoms with Crippen molar-refractivity contribution in [3.05, 3.63) is 96.1 Å². The summed E-state index contributed by atoms with van der Waals surface area (Å²) in [4.78, 5) is 37.0. The molecule has 5 aromatic rings. The van der Waals surface area contributed by atoms with Crippen LogP contribution in [0.3, 0.4) is 0 Å². The van der Waals surface area contributed by atoms with Crippen molar-refractivity contribution < 1.29 is 9.59 Å². The molecular weight excluding hydrogens is 669 g/mol. The van der Waals surface area contributed by atoms with E-state index in [0.29, 0.717) is 31.9 Å². The fourth-order valence-electron chi connectivity index (χ4n) is 7.24. The fourth-order valence-corrected chi connectivity index (χ4v) is 7.24. The predicted octanol–water partition coefficient (Wildman–Crippen LogP) is 4.48. The van der Waals surface area contributed by atoms with E-state index in [9.17, 15) is 9.59 Å². The lowest BCUT2D eigenvalue weighted by molar-refractivity contribution is 0.0931. The number of urea groups is 1. The van der Waals surface area contributed by atoms with Crippen LogP contribution in [0.4, 0.5) is 16.3 Å². The molecule has 2 N–H and O–H groups in total. The van der Waals surface area contributed by atoms with Crippen LogP contribution in [0.25, 0.3) is 22.0 Å². The van der Waals surface area contributed by atoms with Crippen LogP contribution >= 0.6 is 0 Å². The van der Waals surface area contributed by atoms with Gasteiger partial charge in [-0.2, -0.15) is 15.6 Å². The van der Waals surface area contributed by atoms with Crippen LogP contribution < -0.4 is 15.5 Å². The first-order valence-electron chi connectivity index (χ1n) is 17.7. The number of aromatic nitrogens is 4. The molecule has 14 nitrogen and oxygen atoms in total. The van der Waals surface area contributed by atoms with Gasteiger partial charge in [-0.3, -0.25) is 9.48 Å². The Morgan fingerprint density at radius 3 is 2.32 bits per heavy atom. The average molecular weight is 711 g/mol. The summed E-state index contributed by atoms with van der Waals surface area (Å²) >= 11 is 0. The van der Waals surface area contributed by atoms with Crippen molar-refractivity contribution in [3.63, 3.8) is 0 Å². The largest absolute Gasteiger partial charge is 0.348 e. The maximum absolute atomic E-state index is 12.7. The Labute approximate surface area is 308 Å². The molecule has 2 aromatic carbocycles. The summed E-state index contributed by atoms with van der Waals surface area (Å²) in [5.74, 6) is 0.750. The molecule has 2 atom stereocenters. The number of rotatable bonds is 6. The third-order valence-corrected chi connectivity index (χ3v) is 10.3. The summed E-state index contributed by atoms with van der Waals surface area (Å²) < 4.78 is 3.68. The first kappa shape index (κ1) is 34.9. The second-order valence-corrected chi connectivity index (χ2v) is 13.8. The standard InChI is InChI=1S/C20H22N6O.C19H20N6O/c1-24(18-7-9-25(13-18)14-21)20(27)23-17-6-8-22-19(10-17)26-11-15-4-2-3-5-16(15)12-26;1-23-10-15(9-21-23)13-3-4-17-14(7-13)8-18(24(17)2)19(26)22-16-5-6-25(11-16)12-20/h2-6,8,10,18H,7,9,11-13H2,1H3,(H,22,23,27);3-4,7-10,16H,5-6,11H2,1-2H3,(H,22,26)/t18-;16-/m11/s1. The van der Waals surface area contributed by atoms with Gasteiger partial charge >= 0.3 is 6.03 Å². The highest BCUT2D eigenvalue weighted by Gasteiger charge is 2.28. The first-order valence-corrected chi connectivity index (χ1v) is 17.7. The molecular formula is C39H42N12O2. The number of nitrogens with zero attached hydrogens (tertiary/aromatic N) is 10. The zero-order chi connectivity index (χ0) is 37.1. The zero-order valence-corrected chi connectivity index (χ0v) is 30.1. The molecule has 2 saturated heterocycles. The molecule has 0 radical (unpaired) electrons. The normalized spacial score (nSPS) is 17.5. The number of nitrogens with one attached hydrogen (secondary N) is 2. The predicted molar refractivity (Wildman–Crippen MR) is 201 cm³/mol. The highest BCUT2D eigenvalue weighted by molar-refractivity contribution is 5.99. The average Bonchev–Trinajstić information content (AvgIpc) is 4.02. The second kappa shape index (κ2) is 15.0. The monoisotopic (exact) mass is 710 g/mol. The number of nitriles is 2. The van der Waals surface area contributed by atoms with Crippen molar-refractivity contribution in [3.8, 4) is 23.5 Å². The second-order valence-electron chi connectivity index (χ2n) is 13.8. The van der Waals surface area contributed by atoms with Crippen LogP contribution in [-0.4, -0.2) is 91.3 Å². The van der Waals surface area contributed by atoms with Gasteiger partial charge in [0.25, 0.3) is 5.91 Å². The van der Waals surface area contributed by atoms with Gasteiger partial charge in [-0.1, -0.05) is 30.3 Å². The molecule has 8 rings (SSSR count). The van der Waals surface area contributed by atoms with Gasteiger partial charge in [0.05, 0.1) is 12.2 Å². The summed E-state index contributed by atoms with van der Waals surface area (Å²) in [6.45, 7) is 4.23. The summed E-state index contributed by atoms with van der Waals surface area (Å²) in [6, 6.07) is 20.1. The lowest BCUT2D eigenvalue weighted by Gasteiger charge is -2.24. The molecule has 53 heavy (non-hydrogen) atoms. The van der Waals surface area contributed by atoms with Crippen molar-refractivity contribution in [2.75, 3.05) is 43.4 Å². The summed E-state index contributed by atoms with van der Waals surface area (Å²) in [6.07, 6.45) is 11.4. The topological polar surface area (TPSA) is 154 Å². The Morgan fingerprint density at radius 2 is 1.64 bits per heavy atom. The van der Waals surface area contributed by atoms with Gasteiger partial charge in [-0.05, 0) is 53.8 Å². The van der Waals surface area contributed by atoms with Gasteiger partial charge in [-0.15, -0.1) is 0 Å². The van der Waals surface area contributed by atoms with Gasteiger partial charge in [-0.25, -0.2) is 9.78 Å². The van der Waals surface area contributed by atoms with Crippen LogP contribution in [0.2, 0.25) is 0 Å². The number of pyridine rings is 1. The highest BCUT2D eigenvalue weighted by atomic mass is 16.2. The summed E-state index contributed by atoms with van der Waals surface area (Å²) in [5.41, 5.74) is 7.11. The van der Waals surface area contributed by atoms with Crippen molar-refractivity contribution in [1.29, 1.82) is 10.5 Å². The number of aryl methyl sites for hydroxylation is 2. The Bertz CT molecular complexity index is 2200.